The maximum absolute atomic E-state index is 6.12. The van der Waals surface area contributed by atoms with E-state index in [-0.39, 0.29) is 5.41 Å². The first-order valence-electron chi connectivity index (χ1n) is 18.0. The van der Waals surface area contributed by atoms with Crippen molar-refractivity contribution in [2.75, 3.05) is 0 Å². The highest BCUT2D eigenvalue weighted by Gasteiger charge is 2.36. The lowest BCUT2D eigenvalue weighted by atomic mass is 9.82. The van der Waals surface area contributed by atoms with Gasteiger partial charge in [-0.3, -0.25) is 0 Å². The molecule has 0 N–H and O–H groups in total. The summed E-state index contributed by atoms with van der Waals surface area (Å²) in [7, 11) is 0. The Morgan fingerprint density at radius 1 is 0.434 bits per heavy atom. The zero-order valence-electron chi connectivity index (χ0n) is 29.2. The van der Waals surface area contributed by atoms with Crippen LogP contribution in [0.25, 0.3) is 94.7 Å². The van der Waals surface area contributed by atoms with E-state index in [1.54, 1.807) is 0 Å². The van der Waals surface area contributed by atoms with Gasteiger partial charge < -0.3 is 8.98 Å². The van der Waals surface area contributed by atoms with Crippen molar-refractivity contribution in [3.05, 3.63) is 169 Å². The van der Waals surface area contributed by atoms with E-state index in [1.165, 1.54) is 44.1 Å². The normalized spacial score (nSPS) is 13.2. The molecule has 7 aromatic carbocycles. The van der Waals surface area contributed by atoms with Gasteiger partial charge in [0.25, 0.3) is 0 Å². The molecule has 0 unspecified atom stereocenters. The van der Waals surface area contributed by atoms with Gasteiger partial charge in [-0.15, -0.1) is 0 Å². The predicted octanol–water partition coefficient (Wildman–Crippen LogP) is 12.2. The number of hydrogen-bond donors (Lipinski definition) is 0. The van der Waals surface area contributed by atoms with Gasteiger partial charge in [-0.1, -0.05) is 105 Å². The highest BCUT2D eigenvalue weighted by atomic mass is 16.3. The van der Waals surface area contributed by atoms with Gasteiger partial charge in [-0.25, -0.2) is 15.0 Å². The summed E-state index contributed by atoms with van der Waals surface area (Å²) in [6.07, 6.45) is 0. The average Bonchev–Trinajstić information content (AvgIpc) is 3.82. The third-order valence-corrected chi connectivity index (χ3v) is 11.1. The third-order valence-electron chi connectivity index (χ3n) is 11.1. The number of benzene rings is 7. The Morgan fingerprint density at radius 3 is 1.87 bits per heavy atom. The van der Waals surface area contributed by atoms with Crippen molar-refractivity contribution in [3.8, 4) is 51.0 Å². The molecule has 0 bridgehead atoms. The zero-order valence-corrected chi connectivity index (χ0v) is 29.2. The van der Waals surface area contributed by atoms with Crippen molar-refractivity contribution in [2.24, 2.45) is 0 Å². The Labute approximate surface area is 305 Å². The van der Waals surface area contributed by atoms with E-state index in [0.717, 1.165) is 44.3 Å². The molecule has 1 aliphatic carbocycles. The van der Waals surface area contributed by atoms with E-state index in [2.05, 4.69) is 115 Å². The van der Waals surface area contributed by atoms with E-state index >= 15 is 0 Å². The Kier molecular flexibility index (Phi) is 6.23. The van der Waals surface area contributed by atoms with Crippen molar-refractivity contribution in [3.63, 3.8) is 0 Å². The van der Waals surface area contributed by atoms with Gasteiger partial charge in [0.2, 0.25) is 0 Å². The van der Waals surface area contributed by atoms with Gasteiger partial charge in [0.1, 0.15) is 11.2 Å². The molecule has 0 amide bonds. The molecule has 0 radical (unpaired) electrons. The fourth-order valence-corrected chi connectivity index (χ4v) is 8.42. The molecule has 250 valence electrons. The van der Waals surface area contributed by atoms with Crippen LogP contribution in [-0.2, 0) is 5.41 Å². The van der Waals surface area contributed by atoms with Gasteiger partial charge in [-0.05, 0) is 89.0 Å². The second-order valence-electron chi connectivity index (χ2n) is 14.5. The highest BCUT2D eigenvalue weighted by Crippen LogP contribution is 2.51. The highest BCUT2D eigenvalue weighted by molar-refractivity contribution is 6.11. The molecule has 0 saturated carbocycles. The van der Waals surface area contributed by atoms with Crippen LogP contribution in [-0.4, -0.2) is 19.5 Å². The van der Waals surface area contributed by atoms with Crippen LogP contribution in [0, 0.1) is 0 Å². The first-order valence-corrected chi connectivity index (χ1v) is 18.0. The molecule has 0 saturated heterocycles. The summed E-state index contributed by atoms with van der Waals surface area (Å²) in [5, 5.41) is 4.61. The number of fused-ring (bicyclic) bond motifs is 9. The van der Waals surface area contributed by atoms with Crippen molar-refractivity contribution in [1.82, 2.24) is 19.5 Å². The van der Waals surface area contributed by atoms with Crippen LogP contribution in [0.1, 0.15) is 25.0 Å². The molecule has 0 spiro atoms. The second-order valence-corrected chi connectivity index (χ2v) is 14.5. The minimum absolute atomic E-state index is 0.0899. The third kappa shape index (κ3) is 4.47. The number of furan rings is 1. The summed E-state index contributed by atoms with van der Waals surface area (Å²) >= 11 is 0. The molecule has 0 fully saturated rings. The maximum atomic E-state index is 6.12. The molecule has 0 aliphatic heterocycles. The summed E-state index contributed by atoms with van der Waals surface area (Å²) in [6, 6.07) is 55.4. The Hall–Kier alpha value is -6.85. The Balaban J connectivity index is 1.06. The van der Waals surface area contributed by atoms with E-state index < -0.39 is 0 Å². The van der Waals surface area contributed by atoms with Crippen molar-refractivity contribution in [2.45, 2.75) is 19.3 Å². The first kappa shape index (κ1) is 29.8. The molecule has 1 aliphatic rings. The monoisotopic (exact) mass is 680 g/mol. The standard InChI is InChI=1S/C48H32N4O/c1-48(2)39-17-9-6-14-33(39)36-27-37-34-15-7-10-18-41(34)52(42(37)28-40(36)48)32-23-20-30(21-24-32)46-49-45(29-12-4-3-5-13-29)50-47(51-46)31-22-25-44-38(26-31)35-16-8-11-19-43(35)53-44/h3-28H,1-2H3. The van der Waals surface area contributed by atoms with Crippen LogP contribution < -0.4 is 0 Å². The molecular formula is C48H32N4O. The molecule has 3 aromatic heterocycles. The van der Waals surface area contributed by atoms with Crippen LogP contribution >= 0.6 is 0 Å². The van der Waals surface area contributed by atoms with Crippen LogP contribution in [0.3, 0.4) is 0 Å². The van der Waals surface area contributed by atoms with Gasteiger partial charge in [0.15, 0.2) is 17.5 Å². The Bertz CT molecular complexity index is 3080. The molecule has 5 nitrogen and oxygen atoms in total. The topological polar surface area (TPSA) is 56.7 Å². The second kappa shape index (κ2) is 11.1. The lowest BCUT2D eigenvalue weighted by Crippen LogP contribution is -2.14. The number of aromatic nitrogens is 4. The minimum atomic E-state index is -0.0899. The molecule has 53 heavy (non-hydrogen) atoms. The SMILES string of the molecule is CC1(C)c2ccccc2-c2cc3c4ccccc4n(-c4ccc(-c5nc(-c6ccccc6)nc(-c6ccc7oc8ccccc8c7c6)n5)cc4)c3cc21. The quantitative estimate of drug-likeness (QED) is 0.186. The summed E-state index contributed by atoms with van der Waals surface area (Å²) in [5.74, 6) is 1.87. The maximum Gasteiger partial charge on any atom is 0.164 e. The van der Waals surface area contributed by atoms with Crippen molar-refractivity contribution < 1.29 is 4.42 Å². The molecule has 10 aromatic rings. The minimum Gasteiger partial charge on any atom is -0.456 e. The smallest absolute Gasteiger partial charge is 0.164 e. The van der Waals surface area contributed by atoms with E-state index in [1.807, 2.05) is 60.7 Å². The van der Waals surface area contributed by atoms with Gasteiger partial charge in [0.05, 0.1) is 11.0 Å². The number of rotatable bonds is 4. The summed E-state index contributed by atoms with van der Waals surface area (Å²) in [5.41, 5.74) is 13.3. The van der Waals surface area contributed by atoms with Crippen LogP contribution in [0.2, 0.25) is 0 Å². The largest absolute Gasteiger partial charge is 0.456 e. The Morgan fingerprint density at radius 2 is 1.06 bits per heavy atom. The molecule has 3 heterocycles. The van der Waals surface area contributed by atoms with Gasteiger partial charge in [-0.2, -0.15) is 0 Å². The molecule has 5 heteroatoms. The number of hydrogen-bond acceptors (Lipinski definition) is 4. The van der Waals surface area contributed by atoms with Gasteiger partial charge in [0, 0.05) is 49.3 Å². The number of nitrogens with zero attached hydrogens (tertiary/aromatic N) is 4. The summed E-state index contributed by atoms with van der Waals surface area (Å²) < 4.78 is 8.51. The van der Waals surface area contributed by atoms with Crippen LogP contribution in [0.5, 0.6) is 0 Å². The lowest BCUT2D eigenvalue weighted by molar-refractivity contribution is 0.661. The fourth-order valence-electron chi connectivity index (χ4n) is 8.42. The molecule has 0 atom stereocenters. The van der Waals surface area contributed by atoms with E-state index in [0.29, 0.717) is 17.5 Å². The summed E-state index contributed by atoms with van der Waals surface area (Å²) in [6.45, 7) is 4.68. The molecular weight excluding hydrogens is 649 g/mol. The van der Waals surface area contributed by atoms with Crippen molar-refractivity contribution in [1.29, 1.82) is 0 Å². The average molecular weight is 681 g/mol. The summed E-state index contributed by atoms with van der Waals surface area (Å²) in [4.78, 5) is 15.1. The van der Waals surface area contributed by atoms with Crippen LogP contribution in [0.4, 0.5) is 0 Å². The van der Waals surface area contributed by atoms with Crippen LogP contribution in [0.15, 0.2) is 162 Å². The molecule has 11 rings (SSSR count). The number of para-hydroxylation sites is 2. The van der Waals surface area contributed by atoms with E-state index in [4.69, 9.17) is 19.4 Å². The zero-order chi connectivity index (χ0) is 35.3. The van der Waals surface area contributed by atoms with Crippen molar-refractivity contribution >= 4 is 43.7 Å². The van der Waals surface area contributed by atoms with E-state index in [9.17, 15) is 0 Å². The first-order chi connectivity index (χ1) is 26.0. The van der Waals surface area contributed by atoms with Gasteiger partial charge >= 0.3 is 0 Å². The lowest BCUT2D eigenvalue weighted by Gasteiger charge is -2.21. The predicted molar refractivity (Wildman–Crippen MR) is 215 cm³/mol. The fraction of sp³-hybridized carbons (Fsp3) is 0.0625.